The van der Waals surface area contributed by atoms with Crippen LogP contribution in [0.3, 0.4) is 0 Å². The molecule has 0 saturated carbocycles. The number of benzene rings is 1. The van der Waals surface area contributed by atoms with E-state index in [0.29, 0.717) is 23.3 Å². The van der Waals surface area contributed by atoms with E-state index in [1.54, 1.807) is 18.2 Å². The second-order valence-electron chi connectivity index (χ2n) is 2.86. The summed E-state index contributed by atoms with van der Waals surface area (Å²) >= 11 is 0. The molecule has 4 heteroatoms. The molecule has 4 nitrogen and oxygen atoms in total. The quantitative estimate of drug-likeness (QED) is 0.656. The first-order valence-corrected chi connectivity index (χ1v) is 4.09. The van der Waals surface area contributed by atoms with E-state index in [9.17, 15) is 4.79 Å². The highest BCUT2D eigenvalue weighted by Crippen LogP contribution is 2.34. The molecule has 0 saturated heterocycles. The van der Waals surface area contributed by atoms with Crippen molar-refractivity contribution in [2.45, 2.75) is 5.92 Å². The molecule has 1 aliphatic heterocycles. The van der Waals surface area contributed by atoms with E-state index in [2.05, 4.69) is 0 Å². The summed E-state index contributed by atoms with van der Waals surface area (Å²) in [5, 5.41) is 8.67. The van der Waals surface area contributed by atoms with Crippen LogP contribution in [0.1, 0.15) is 11.5 Å². The van der Waals surface area contributed by atoms with Crippen LogP contribution in [0.5, 0.6) is 11.5 Å². The Morgan fingerprint density at radius 3 is 2.93 bits per heavy atom. The van der Waals surface area contributed by atoms with Crippen LogP contribution in [0.15, 0.2) is 18.2 Å². The highest BCUT2D eigenvalue weighted by molar-refractivity contribution is 5.67. The van der Waals surface area contributed by atoms with E-state index in [1.807, 2.05) is 6.07 Å². The van der Waals surface area contributed by atoms with Gasteiger partial charge in [0.15, 0.2) is 11.5 Å². The maximum absolute atomic E-state index is 10.5. The average molecular weight is 189 g/mol. The first-order valence-electron chi connectivity index (χ1n) is 4.09. The van der Waals surface area contributed by atoms with Crippen LogP contribution in [0.4, 0.5) is 0 Å². The number of ether oxygens (including phenoxy) is 2. The van der Waals surface area contributed by atoms with Gasteiger partial charge in [-0.3, -0.25) is 0 Å². The zero-order valence-corrected chi connectivity index (χ0v) is 7.27. The molecule has 0 unspecified atom stereocenters. The van der Waals surface area contributed by atoms with Gasteiger partial charge in [-0.05, 0) is 17.7 Å². The molecule has 70 valence electrons. The van der Waals surface area contributed by atoms with Gasteiger partial charge in [0.1, 0.15) is 12.2 Å². The number of carbonyl (C=O) groups excluding carboxylic acids is 1. The van der Waals surface area contributed by atoms with Gasteiger partial charge in [0.2, 0.25) is 6.79 Å². The Kier molecular flexibility index (Phi) is 2.07. The topological polar surface area (TPSA) is 59.3 Å². The van der Waals surface area contributed by atoms with Crippen molar-refractivity contribution in [3.05, 3.63) is 23.8 Å². The standard InChI is InChI=1S/C10H7NO3/c11-4-8(5-12)7-1-2-9-10(3-7)14-6-13-9/h1-3,5,8H,6H2/t8-/m1/s1. The Morgan fingerprint density at radius 1 is 1.43 bits per heavy atom. The molecule has 0 aliphatic carbocycles. The Morgan fingerprint density at radius 2 is 2.21 bits per heavy atom. The molecule has 0 aromatic heterocycles. The van der Waals surface area contributed by atoms with E-state index < -0.39 is 5.92 Å². The molecule has 1 aromatic carbocycles. The summed E-state index contributed by atoms with van der Waals surface area (Å²) in [6.07, 6.45) is 0.609. The maximum atomic E-state index is 10.5. The number of fused-ring (bicyclic) bond motifs is 1. The lowest BCUT2D eigenvalue weighted by Crippen LogP contribution is -1.96. The predicted molar refractivity (Wildman–Crippen MR) is 47.0 cm³/mol. The molecule has 1 aliphatic rings. The summed E-state index contributed by atoms with van der Waals surface area (Å²) < 4.78 is 10.2. The van der Waals surface area contributed by atoms with Crippen LogP contribution in [-0.2, 0) is 4.79 Å². The van der Waals surface area contributed by atoms with Crippen molar-refractivity contribution < 1.29 is 14.3 Å². The van der Waals surface area contributed by atoms with Gasteiger partial charge in [-0.2, -0.15) is 5.26 Å². The minimum Gasteiger partial charge on any atom is -0.454 e. The molecule has 1 atom stereocenters. The normalized spacial score (nSPS) is 14.5. The van der Waals surface area contributed by atoms with E-state index in [4.69, 9.17) is 14.7 Å². The monoisotopic (exact) mass is 189 g/mol. The maximum Gasteiger partial charge on any atom is 0.231 e. The highest BCUT2D eigenvalue weighted by atomic mass is 16.7. The Bertz CT molecular complexity index is 408. The number of aldehydes is 1. The van der Waals surface area contributed by atoms with Crippen molar-refractivity contribution in [1.82, 2.24) is 0 Å². The van der Waals surface area contributed by atoms with E-state index >= 15 is 0 Å². The van der Waals surface area contributed by atoms with Gasteiger partial charge in [-0.15, -0.1) is 0 Å². The van der Waals surface area contributed by atoms with Crippen LogP contribution in [0.25, 0.3) is 0 Å². The second-order valence-corrected chi connectivity index (χ2v) is 2.86. The SMILES string of the molecule is N#C[C@H](C=O)c1ccc2c(c1)OCO2. The summed E-state index contributed by atoms with van der Waals surface area (Å²) in [5.41, 5.74) is 0.631. The first kappa shape index (κ1) is 8.57. The van der Waals surface area contributed by atoms with Crippen molar-refractivity contribution in [1.29, 1.82) is 5.26 Å². The minimum atomic E-state index is -0.732. The average Bonchev–Trinajstić information content (AvgIpc) is 2.66. The summed E-state index contributed by atoms with van der Waals surface area (Å²) in [5.74, 6) is 0.505. The summed E-state index contributed by atoms with van der Waals surface area (Å²) in [4.78, 5) is 10.5. The van der Waals surface area contributed by atoms with Crippen LogP contribution in [0.2, 0.25) is 0 Å². The number of nitriles is 1. The molecule has 0 fully saturated rings. The van der Waals surface area contributed by atoms with E-state index in [-0.39, 0.29) is 6.79 Å². The van der Waals surface area contributed by atoms with Crippen LogP contribution < -0.4 is 9.47 Å². The van der Waals surface area contributed by atoms with Gasteiger partial charge in [0.25, 0.3) is 0 Å². The Hall–Kier alpha value is -2.02. The van der Waals surface area contributed by atoms with Gasteiger partial charge < -0.3 is 14.3 Å². The van der Waals surface area contributed by atoms with Gasteiger partial charge in [-0.1, -0.05) is 6.07 Å². The molecule has 0 bridgehead atoms. The summed E-state index contributed by atoms with van der Waals surface area (Å²) in [6, 6.07) is 6.94. The highest BCUT2D eigenvalue weighted by Gasteiger charge is 2.16. The van der Waals surface area contributed by atoms with Gasteiger partial charge in [0.05, 0.1) is 6.07 Å². The molecule has 14 heavy (non-hydrogen) atoms. The molecule has 1 aromatic rings. The van der Waals surface area contributed by atoms with Gasteiger partial charge in [0, 0.05) is 0 Å². The number of hydrogen-bond donors (Lipinski definition) is 0. The van der Waals surface area contributed by atoms with Crippen LogP contribution >= 0.6 is 0 Å². The van der Waals surface area contributed by atoms with Crippen molar-refractivity contribution >= 4 is 6.29 Å². The number of carbonyl (C=O) groups is 1. The zero-order chi connectivity index (χ0) is 9.97. The van der Waals surface area contributed by atoms with Crippen LogP contribution in [-0.4, -0.2) is 13.1 Å². The molecule has 2 rings (SSSR count). The molecule has 0 N–H and O–H groups in total. The van der Waals surface area contributed by atoms with E-state index in [1.165, 1.54) is 0 Å². The first-order chi connectivity index (χ1) is 6.85. The van der Waals surface area contributed by atoms with Crippen molar-refractivity contribution in [3.63, 3.8) is 0 Å². The Balaban J connectivity index is 2.38. The lowest BCUT2D eigenvalue weighted by atomic mass is 10.0. The van der Waals surface area contributed by atoms with Gasteiger partial charge in [-0.25, -0.2) is 0 Å². The van der Waals surface area contributed by atoms with Crippen molar-refractivity contribution in [2.75, 3.05) is 6.79 Å². The molecule has 0 radical (unpaired) electrons. The fraction of sp³-hybridized carbons (Fsp3) is 0.200. The molecule has 1 heterocycles. The summed E-state index contributed by atoms with van der Waals surface area (Å²) in [7, 11) is 0. The van der Waals surface area contributed by atoms with Gasteiger partial charge >= 0.3 is 0 Å². The lowest BCUT2D eigenvalue weighted by Gasteiger charge is -2.02. The molecular formula is C10H7NO3. The lowest BCUT2D eigenvalue weighted by molar-refractivity contribution is -0.108. The molecule has 0 amide bonds. The van der Waals surface area contributed by atoms with Crippen molar-refractivity contribution in [3.8, 4) is 17.6 Å². The smallest absolute Gasteiger partial charge is 0.231 e. The number of hydrogen-bond acceptors (Lipinski definition) is 4. The van der Waals surface area contributed by atoms with E-state index in [0.717, 1.165) is 0 Å². The van der Waals surface area contributed by atoms with Crippen molar-refractivity contribution in [2.24, 2.45) is 0 Å². The molecule has 0 spiro atoms. The third-order valence-corrected chi connectivity index (χ3v) is 2.03. The van der Waals surface area contributed by atoms with Crippen LogP contribution in [0, 0.1) is 11.3 Å². The molecular weight excluding hydrogens is 182 g/mol. The number of rotatable bonds is 2. The third-order valence-electron chi connectivity index (χ3n) is 2.03. The largest absolute Gasteiger partial charge is 0.454 e. The minimum absolute atomic E-state index is 0.192. The zero-order valence-electron chi connectivity index (χ0n) is 7.27. The fourth-order valence-corrected chi connectivity index (χ4v) is 1.29. The third kappa shape index (κ3) is 1.29. The second kappa shape index (κ2) is 3.38. The predicted octanol–water partition coefficient (Wildman–Crippen LogP) is 1.22. The summed E-state index contributed by atoms with van der Waals surface area (Å²) in [6.45, 7) is 0.192. The fourth-order valence-electron chi connectivity index (χ4n) is 1.29. The number of nitrogens with zero attached hydrogens (tertiary/aromatic N) is 1. The Labute approximate surface area is 80.7 Å².